The predicted molar refractivity (Wildman–Crippen MR) is 83.4 cm³/mol. The van der Waals surface area contributed by atoms with E-state index in [0.29, 0.717) is 11.6 Å². The maximum atomic E-state index is 10.4. The molecule has 0 amide bonds. The molecule has 1 aliphatic heterocycles. The van der Waals surface area contributed by atoms with Crippen LogP contribution in [0.5, 0.6) is 0 Å². The highest BCUT2D eigenvalue weighted by molar-refractivity contribution is 6.30. The molecular formula is C16H20ClN3O. The molecule has 1 atom stereocenters. The molecule has 0 saturated heterocycles. The van der Waals surface area contributed by atoms with Crippen molar-refractivity contribution >= 4 is 11.6 Å². The summed E-state index contributed by atoms with van der Waals surface area (Å²) in [6, 6.07) is 7.39. The number of hydrogen-bond donors (Lipinski definition) is 1. The Balaban J connectivity index is 1.68. The van der Waals surface area contributed by atoms with E-state index in [1.165, 1.54) is 5.69 Å². The summed E-state index contributed by atoms with van der Waals surface area (Å²) < 4.78 is 2.28. The van der Waals surface area contributed by atoms with Gasteiger partial charge in [0.05, 0.1) is 18.3 Å². The average molecular weight is 306 g/mol. The van der Waals surface area contributed by atoms with Gasteiger partial charge >= 0.3 is 0 Å². The Hall–Kier alpha value is -1.36. The number of aliphatic hydroxyl groups is 1. The Kier molecular flexibility index (Phi) is 4.02. The summed E-state index contributed by atoms with van der Waals surface area (Å²) in [5, 5.41) is 11.1. The molecule has 1 aliphatic rings. The first-order chi connectivity index (χ1) is 10.0. The number of hydrogen-bond acceptors (Lipinski definition) is 3. The molecule has 0 spiro atoms. The van der Waals surface area contributed by atoms with E-state index in [1.807, 2.05) is 31.2 Å². The average Bonchev–Trinajstić information content (AvgIpc) is 2.74. The van der Waals surface area contributed by atoms with Crippen LogP contribution in [0.15, 0.2) is 24.3 Å². The van der Waals surface area contributed by atoms with E-state index >= 15 is 0 Å². The van der Waals surface area contributed by atoms with Gasteiger partial charge in [0.15, 0.2) is 0 Å². The van der Waals surface area contributed by atoms with Crippen LogP contribution in [0.1, 0.15) is 28.9 Å². The van der Waals surface area contributed by atoms with Crippen molar-refractivity contribution in [3.63, 3.8) is 0 Å². The zero-order valence-corrected chi connectivity index (χ0v) is 13.1. The van der Waals surface area contributed by atoms with Gasteiger partial charge in [0.1, 0.15) is 5.82 Å². The molecule has 0 aliphatic carbocycles. The van der Waals surface area contributed by atoms with Crippen molar-refractivity contribution in [2.75, 3.05) is 13.1 Å². The first kappa shape index (κ1) is 14.6. The minimum Gasteiger partial charge on any atom is -0.387 e. The third-order valence-corrected chi connectivity index (χ3v) is 4.48. The monoisotopic (exact) mass is 305 g/mol. The molecule has 0 unspecified atom stereocenters. The van der Waals surface area contributed by atoms with Gasteiger partial charge in [-0.15, -0.1) is 0 Å². The van der Waals surface area contributed by atoms with Crippen LogP contribution in [0.3, 0.4) is 0 Å². The van der Waals surface area contributed by atoms with Crippen molar-refractivity contribution in [1.29, 1.82) is 0 Å². The van der Waals surface area contributed by atoms with Crippen molar-refractivity contribution in [2.45, 2.75) is 33.0 Å². The lowest BCUT2D eigenvalue weighted by atomic mass is 10.1. The summed E-state index contributed by atoms with van der Waals surface area (Å²) in [4.78, 5) is 6.87. The molecule has 1 N–H and O–H groups in total. The summed E-state index contributed by atoms with van der Waals surface area (Å²) in [5.41, 5.74) is 3.26. The first-order valence-corrected chi connectivity index (χ1v) is 7.61. The maximum absolute atomic E-state index is 10.4. The fourth-order valence-corrected chi connectivity index (χ4v) is 2.98. The standard InChI is InChI=1S/C16H20ClN3O/c1-11-12(2)20-8-7-19(10-16(20)18-11)9-15(21)13-3-5-14(17)6-4-13/h3-6,15,21H,7-10H2,1-2H3/t15-/m0/s1. The second kappa shape index (κ2) is 5.79. The Morgan fingerprint density at radius 1 is 1.24 bits per heavy atom. The van der Waals surface area contributed by atoms with Gasteiger partial charge < -0.3 is 9.67 Å². The highest BCUT2D eigenvalue weighted by Gasteiger charge is 2.22. The van der Waals surface area contributed by atoms with E-state index in [9.17, 15) is 5.11 Å². The van der Waals surface area contributed by atoms with Crippen molar-refractivity contribution < 1.29 is 5.11 Å². The van der Waals surface area contributed by atoms with E-state index in [4.69, 9.17) is 11.6 Å². The van der Waals surface area contributed by atoms with E-state index in [-0.39, 0.29) is 0 Å². The van der Waals surface area contributed by atoms with E-state index in [0.717, 1.165) is 36.7 Å². The van der Waals surface area contributed by atoms with Gasteiger partial charge in [-0.25, -0.2) is 4.98 Å². The zero-order chi connectivity index (χ0) is 15.0. The number of aromatic nitrogens is 2. The molecule has 1 aromatic carbocycles. The lowest BCUT2D eigenvalue weighted by molar-refractivity contribution is 0.0960. The number of fused-ring (bicyclic) bond motifs is 1. The van der Waals surface area contributed by atoms with Crippen LogP contribution in [-0.4, -0.2) is 32.6 Å². The number of halogens is 1. The summed E-state index contributed by atoms with van der Waals surface area (Å²) in [7, 11) is 0. The van der Waals surface area contributed by atoms with Crippen LogP contribution < -0.4 is 0 Å². The number of rotatable bonds is 3. The van der Waals surface area contributed by atoms with Crippen molar-refractivity contribution in [3.8, 4) is 0 Å². The van der Waals surface area contributed by atoms with Gasteiger partial charge in [0, 0.05) is 30.4 Å². The molecular weight excluding hydrogens is 286 g/mol. The van der Waals surface area contributed by atoms with E-state index in [2.05, 4.69) is 21.4 Å². The summed E-state index contributed by atoms with van der Waals surface area (Å²) in [6.45, 7) is 7.45. The lowest BCUT2D eigenvalue weighted by Crippen LogP contribution is -2.36. The smallest absolute Gasteiger partial charge is 0.123 e. The molecule has 5 heteroatoms. The van der Waals surface area contributed by atoms with Crippen LogP contribution in [-0.2, 0) is 13.1 Å². The van der Waals surface area contributed by atoms with Gasteiger partial charge in [-0.2, -0.15) is 0 Å². The zero-order valence-electron chi connectivity index (χ0n) is 12.4. The Morgan fingerprint density at radius 3 is 2.67 bits per heavy atom. The summed E-state index contributed by atoms with van der Waals surface area (Å²) in [6.07, 6.45) is -0.494. The SMILES string of the molecule is Cc1nc2n(c1C)CCN(C[C@H](O)c1ccc(Cl)cc1)C2. The number of benzene rings is 1. The van der Waals surface area contributed by atoms with Crippen molar-refractivity contribution in [1.82, 2.24) is 14.5 Å². The van der Waals surface area contributed by atoms with Crippen LogP contribution >= 0.6 is 11.6 Å². The largest absolute Gasteiger partial charge is 0.387 e. The first-order valence-electron chi connectivity index (χ1n) is 7.23. The van der Waals surface area contributed by atoms with Gasteiger partial charge in [-0.1, -0.05) is 23.7 Å². The minimum atomic E-state index is -0.494. The summed E-state index contributed by atoms with van der Waals surface area (Å²) in [5.74, 6) is 1.10. The molecule has 21 heavy (non-hydrogen) atoms. The van der Waals surface area contributed by atoms with Gasteiger partial charge in [-0.05, 0) is 31.5 Å². The van der Waals surface area contributed by atoms with Gasteiger partial charge in [0.2, 0.25) is 0 Å². The number of nitrogens with zero attached hydrogens (tertiary/aromatic N) is 3. The third-order valence-electron chi connectivity index (χ3n) is 4.23. The second-order valence-corrected chi connectivity index (χ2v) is 6.09. The molecule has 3 rings (SSSR count). The predicted octanol–water partition coefficient (Wildman–Crippen LogP) is 2.70. The highest BCUT2D eigenvalue weighted by Crippen LogP contribution is 2.21. The summed E-state index contributed by atoms with van der Waals surface area (Å²) >= 11 is 5.88. The molecule has 0 fully saturated rings. The fraction of sp³-hybridized carbons (Fsp3) is 0.438. The topological polar surface area (TPSA) is 41.3 Å². The quantitative estimate of drug-likeness (QED) is 0.948. The molecule has 112 valence electrons. The second-order valence-electron chi connectivity index (χ2n) is 5.65. The molecule has 0 bridgehead atoms. The Bertz CT molecular complexity index is 636. The van der Waals surface area contributed by atoms with Crippen LogP contribution in [0.2, 0.25) is 5.02 Å². The van der Waals surface area contributed by atoms with Crippen LogP contribution in [0.4, 0.5) is 0 Å². The number of aryl methyl sites for hydroxylation is 1. The minimum absolute atomic E-state index is 0.494. The molecule has 2 heterocycles. The Morgan fingerprint density at radius 2 is 1.95 bits per heavy atom. The van der Waals surface area contributed by atoms with Crippen molar-refractivity contribution in [2.24, 2.45) is 0 Å². The fourth-order valence-electron chi connectivity index (χ4n) is 2.85. The lowest BCUT2D eigenvalue weighted by Gasteiger charge is -2.30. The van der Waals surface area contributed by atoms with Gasteiger partial charge in [-0.3, -0.25) is 4.90 Å². The van der Waals surface area contributed by atoms with E-state index in [1.54, 1.807) is 0 Å². The molecule has 2 aromatic rings. The van der Waals surface area contributed by atoms with Crippen molar-refractivity contribution in [3.05, 3.63) is 52.1 Å². The maximum Gasteiger partial charge on any atom is 0.123 e. The number of β-amino-alcohol motifs (C(OH)–C–C–N with tert-alkyl or cyclic N) is 1. The molecule has 4 nitrogen and oxygen atoms in total. The number of aliphatic hydroxyl groups excluding tert-OH is 1. The third kappa shape index (κ3) is 2.98. The molecule has 0 saturated carbocycles. The Labute approximate surface area is 130 Å². The van der Waals surface area contributed by atoms with Crippen LogP contribution in [0, 0.1) is 13.8 Å². The normalized spacial score (nSPS) is 16.8. The highest BCUT2D eigenvalue weighted by atomic mass is 35.5. The number of imidazole rings is 1. The van der Waals surface area contributed by atoms with E-state index < -0.39 is 6.10 Å². The molecule has 0 radical (unpaired) electrons. The van der Waals surface area contributed by atoms with Crippen LogP contribution in [0.25, 0.3) is 0 Å². The molecule has 1 aromatic heterocycles. The van der Waals surface area contributed by atoms with Gasteiger partial charge in [0.25, 0.3) is 0 Å².